The first kappa shape index (κ1) is 10.0. The number of carbonyl (C=O) groups is 1. The number of H-pyrrole nitrogens is 1. The van der Waals surface area contributed by atoms with Gasteiger partial charge < -0.3 is 9.72 Å². The zero-order valence-electron chi connectivity index (χ0n) is 8.40. The lowest BCUT2D eigenvalue weighted by molar-refractivity contribution is 0.0603. The SMILES string of the molecule is COC(=O)c1cccc2[nH]c(SC)nc12. The highest BCUT2D eigenvalue weighted by atomic mass is 32.2. The van der Waals surface area contributed by atoms with Gasteiger partial charge in [0.2, 0.25) is 0 Å². The Morgan fingerprint density at radius 1 is 1.53 bits per heavy atom. The van der Waals surface area contributed by atoms with Gasteiger partial charge >= 0.3 is 5.97 Å². The number of methoxy groups -OCH3 is 1. The number of nitrogens with zero attached hydrogens (tertiary/aromatic N) is 1. The van der Waals surface area contributed by atoms with Gasteiger partial charge in [-0.15, -0.1) is 0 Å². The Balaban J connectivity index is 2.64. The van der Waals surface area contributed by atoms with Crippen molar-refractivity contribution in [2.45, 2.75) is 5.16 Å². The highest BCUT2D eigenvalue weighted by molar-refractivity contribution is 7.98. The van der Waals surface area contributed by atoms with E-state index in [0.29, 0.717) is 11.1 Å². The summed E-state index contributed by atoms with van der Waals surface area (Å²) < 4.78 is 4.69. The van der Waals surface area contributed by atoms with Crippen LogP contribution in [0.5, 0.6) is 0 Å². The Bertz CT molecular complexity index is 507. The molecule has 0 aliphatic rings. The number of imidazole rings is 1. The normalized spacial score (nSPS) is 10.5. The topological polar surface area (TPSA) is 55.0 Å². The van der Waals surface area contributed by atoms with Crippen molar-refractivity contribution >= 4 is 28.8 Å². The van der Waals surface area contributed by atoms with Gasteiger partial charge in [-0.3, -0.25) is 0 Å². The Morgan fingerprint density at radius 3 is 3.00 bits per heavy atom. The zero-order valence-corrected chi connectivity index (χ0v) is 9.22. The molecule has 78 valence electrons. The van der Waals surface area contributed by atoms with Gasteiger partial charge in [0.25, 0.3) is 0 Å². The molecule has 0 unspecified atom stereocenters. The molecular weight excluding hydrogens is 212 g/mol. The molecule has 0 aliphatic carbocycles. The van der Waals surface area contributed by atoms with E-state index in [-0.39, 0.29) is 5.97 Å². The van der Waals surface area contributed by atoms with Gasteiger partial charge in [0.1, 0.15) is 5.52 Å². The first-order valence-electron chi connectivity index (χ1n) is 4.37. The molecule has 4 nitrogen and oxygen atoms in total. The van der Waals surface area contributed by atoms with Gasteiger partial charge in [-0.25, -0.2) is 9.78 Å². The first-order chi connectivity index (χ1) is 7.26. The predicted molar refractivity (Wildman–Crippen MR) is 59.2 cm³/mol. The molecule has 0 saturated carbocycles. The maximum absolute atomic E-state index is 11.4. The summed E-state index contributed by atoms with van der Waals surface area (Å²) in [6.07, 6.45) is 1.93. The van der Waals surface area contributed by atoms with Crippen molar-refractivity contribution in [2.24, 2.45) is 0 Å². The van der Waals surface area contributed by atoms with E-state index in [4.69, 9.17) is 0 Å². The number of esters is 1. The van der Waals surface area contributed by atoms with Gasteiger partial charge in [0.15, 0.2) is 5.16 Å². The summed E-state index contributed by atoms with van der Waals surface area (Å²) in [5.41, 5.74) is 2.00. The van der Waals surface area contributed by atoms with E-state index in [1.54, 1.807) is 12.1 Å². The fourth-order valence-corrected chi connectivity index (χ4v) is 1.78. The summed E-state index contributed by atoms with van der Waals surface area (Å²) in [4.78, 5) is 18.9. The Labute approximate surface area is 91.0 Å². The van der Waals surface area contributed by atoms with E-state index in [9.17, 15) is 4.79 Å². The van der Waals surface area contributed by atoms with Crippen LogP contribution in [0.25, 0.3) is 11.0 Å². The van der Waals surface area contributed by atoms with Crippen molar-refractivity contribution in [3.05, 3.63) is 23.8 Å². The minimum Gasteiger partial charge on any atom is -0.465 e. The van der Waals surface area contributed by atoms with Gasteiger partial charge in [-0.1, -0.05) is 17.8 Å². The fourth-order valence-electron chi connectivity index (χ4n) is 1.38. The van der Waals surface area contributed by atoms with Crippen LogP contribution < -0.4 is 0 Å². The molecule has 2 rings (SSSR count). The van der Waals surface area contributed by atoms with Crippen LogP contribution in [0.15, 0.2) is 23.4 Å². The Morgan fingerprint density at radius 2 is 2.33 bits per heavy atom. The summed E-state index contributed by atoms with van der Waals surface area (Å²) in [5, 5.41) is 0.793. The van der Waals surface area contributed by atoms with Crippen LogP contribution in [0.3, 0.4) is 0 Å². The van der Waals surface area contributed by atoms with E-state index in [1.807, 2.05) is 12.3 Å². The van der Waals surface area contributed by atoms with E-state index in [0.717, 1.165) is 10.7 Å². The van der Waals surface area contributed by atoms with Gasteiger partial charge in [0.05, 0.1) is 18.2 Å². The molecule has 1 aromatic heterocycles. The summed E-state index contributed by atoms with van der Waals surface area (Å²) >= 11 is 1.50. The van der Waals surface area contributed by atoms with Gasteiger partial charge in [-0.05, 0) is 18.4 Å². The smallest absolute Gasteiger partial charge is 0.340 e. The molecule has 0 atom stereocenters. The van der Waals surface area contributed by atoms with Gasteiger partial charge in [0, 0.05) is 0 Å². The Kier molecular flexibility index (Phi) is 2.64. The summed E-state index contributed by atoms with van der Waals surface area (Å²) in [5.74, 6) is -0.361. The lowest BCUT2D eigenvalue weighted by Gasteiger charge is -1.98. The van der Waals surface area contributed by atoms with Crippen molar-refractivity contribution in [1.82, 2.24) is 9.97 Å². The number of ether oxygens (including phenoxy) is 1. The third-order valence-corrected chi connectivity index (χ3v) is 2.67. The maximum atomic E-state index is 11.4. The van der Waals surface area contributed by atoms with Crippen LogP contribution in [0.1, 0.15) is 10.4 Å². The minimum atomic E-state index is -0.361. The van der Waals surface area contributed by atoms with Crippen LogP contribution in [0, 0.1) is 0 Å². The number of para-hydroxylation sites is 1. The molecule has 15 heavy (non-hydrogen) atoms. The molecule has 0 amide bonds. The third kappa shape index (κ3) is 1.70. The molecule has 0 saturated heterocycles. The number of hydrogen-bond donors (Lipinski definition) is 1. The fraction of sp³-hybridized carbons (Fsp3) is 0.200. The molecule has 0 bridgehead atoms. The lowest BCUT2D eigenvalue weighted by Crippen LogP contribution is -2.01. The molecular formula is C10H10N2O2S. The summed E-state index contributed by atoms with van der Waals surface area (Å²) in [7, 11) is 1.36. The molecule has 0 fully saturated rings. The third-order valence-electron chi connectivity index (χ3n) is 2.09. The zero-order chi connectivity index (χ0) is 10.8. The number of hydrogen-bond acceptors (Lipinski definition) is 4. The second-order valence-corrected chi connectivity index (χ2v) is 3.73. The second kappa shape index (κ2) is 3.94. The van der Waals surface area contributed by atoms with Crippen molar-refractivity contribution in [3.63, 3.8) is 0 Å². The van der Waals surface area contributed by atoms with Crippen LogP contribution >= 0.6 is 11.8 Å². The molecule has 0 aliphatic heterocycles. The number of nitrogens with one attached hydrogen (secondary N) is 1. The quantitative estimate of drug-likeness (QED) is 0.624. The van der Waals surface area contributed by atoms with E-state index in [2.05, 4.69) is 14.7 Å². The molecule has 1 N–H and O–H groups in total. The van der Waals surface area contributed by atoms with Crippen LogP contribution in [0.2, 0.25) is 0 Å². The predicted octanol–water partition coefficient (Wildman–Crippen LogP) is 2.07. The molecule has 1 heterocycles. The van der Waals surface area contributed by atoms with Crippen molar-refractivity contribution < 1.29 is 9.53 Å². The summed E-state index contributed by atoms with van der Waals surface area (Å²) in [6, 6.07) is 5.39. The number of aromatic amines is 1. The van der Waals surface area contributed by atoms with E-state index >= 15 is 0 Å². The maximum Gasteiger partial charge on any atom is 0.340 e. The first-order valence-corrected chi connectivity index (χ1v) is 5.59. The van der Waals surface area contributed by atoms with Crippen LogP contribution in [0.4, 0.5) is 0 Å². The minimum absolute atomic E-state index is 0.361. The monoisotopic (exact) mass is 222 g/mol. The number of fused-ring (bicyclic) bond motifs is 1. The van der Waals surface area contributed by atoms with Crippen LogP contribution in [-0.2, 0) is 4.74 Å². The highest BCUT2D eigenvalue weighted by Gasteiger charge is 2.13. The average Bonchev–Trinajstić information content (AvgIpc) is 2.70. The summed E-state index contributed by atoms with van der Waals surface area (Å²) in [6.45, 7) is 0. The molecule has 0 spiro atoms. The highest BCUT2D eigenvalue weighted by Crippen LogP contribution is 2.20. The van der Waals surface area contributed by atoms with Gasteiger partial charge in [-0.2, -0.15) is 0 Å². The molecule has 5 heteroatoms. The van der Waals surface area contributed by atoms with Crippen molar-refractivity contribution in [2.75, 3.05) is 13.4 Å². The molecule has 0 radical (unpaired) electrons. The lowest BCUT2D eigenvalue weighted by atomic mass is 10.2. The average molecular weight is 222 g/mol. The Hall–Kier alpha value is -1.49. The number of rotatable bonds is 2. The van der Waals surface area contributed by atoms with E-state index in [1.165, 1.54) is 18.9 Å². The van der Waals surface area contributed by atoms with Crippen LogP contribution in [-0.4, -0.2) is 29.3 Å². The molecule has 2 aromatic rings. The van der Waals surface area contributed by atoms with Crippen molar-refractivity contribution in [1.29, 1.82) is 0 Å². The standard InChI is InChI=1S/C10H10N2O2S/c1-14-9(13)6-4-3-5-7-8(6)12-10(11-7)15-2/h3-5H,1-2H3,(H,11,12). The number of aromatic nitrogens is 2. The largest absolute Gasteiger partial charge is 0.465 e. The number of thioether (sulfide) groups is 1. The van der Waals surface area contributed by atoms with E-state index < -0.39 is 0 Å². The number of carbonyl (C=O) groups excluding carboxylic acids is 1. The molecule has 1 aromatic carbocycles. The second-order valence-electron chi connectivity index (χ2n) is 2.94. The van der Waals surface area contributed by atoms with Crippen molar-refractivity contribution in [3.8, 4) is 0 Å². The number of benzene rings is 1.